The first kappa shape index (κ1) is 26.8. The number of H-pyrrole nitrogens is 1. The van der Waals surface area contributed by atoms with Gasteiger partial charge in [-0.1, -0.05) is 0 Å². The fourth-order valence-corrected chi connectivity index (χ4v) is 4.20. The van der Waals surface area contributed by atoms with Gasteiger partial charge in [-0.25, -0.2) is 14.2 Å². The first-order valence-electron chi connectivity index (χ1n) is 11.3. The average molecular weight is 512 g/mol. The minimum Gasteiger partial charge on any atom is -0.463 e. The monoisotopic (exact) mass is 512 g/mol. The van der Waals surface area contributed by atoms with E-state index >= 15 is 0 Å². The van der Waals surface area contributed by atoms with Crippen molar-refractivity contribution < 1.29 is 42.9 Å². The van der Waals surface area contributed by atoms with Gasteiger partial charge in [0.15, 0.2) is 24.5 Å². The van der Waals surface area contributed by atoms with Gasteiger partial charge in [-0.05, 0) is 12.8 Å². The number of carbonyl (C=O) groups is 4. The van der Waals surface area contributed by atoms with Crippen LogP contribution >= 0.6 is 0 Å². The summed E-state index contributed by atoms with van der Waals surface area (Å²) in [6.45, 7) is 4.94. The molecule has 1 aromatic heterocycles. The Morgan fingerprint density at radius 2 is 1.44 bits per heavy atom. The maximum atomic E-state index is 13.1. The van der Waals surface area contributed by atoms with Crippen LogP contribution in [0, 0.1) is 0 Å². The standard InChI is InChI=1S/C21H28N4O11/c1-10(26)32-9-14-15(33-11(2)27)16(34-12(3)28)17(35-13(4)29)18(36-14)25-20(24-7-5-6-8-24)22-19(30)23-21(25)31/h14-18H,5-9H2,1-4H3,(H,23,30,31)/t14-,15-,16+,17-,18-/m1/s1. The second-order valence-electron chi connectivity index (χ2n) is 8.30. The SMILES string of the molecule is CC(=O)OC[C@H]1O[C@@H](n2c(N3CCCC3)nc(=O)[nH]c2=O)[C@H](OC(C)=O)[C@@H](OC(C)=O)[C@@H]1OC(C)=O. The van der Waals surface area contributed by atoms with Gasteiger partial charge < -0.3 is 28.6 Å². The largest absolute Gasteiger partial charge is 0.463 e. The molecule has 3 rings (SSSR count). The number of aromatic nitrogens is 3. The maximum absolute atomic E-state index is 13.1. The summed E-state index contributed by atoms with van der Waals surface area (Å²) in [5.41, 5.74) is -1.83. The fraction of sp³-hybridized carbons (Fsp3) is 0.667. The summed E-state index contributed by atoms with van der Waals surface area (Å²) in [5, 5.41) is 0. The lowest BCUT2D eigenvalue weighted by atomic mass is 9.97. The van der Waals surface area contributed by atoms with Crippen molar-refractivity contribution in [3.05, 3.63) is 21.0 Å². The van der Waals surface area contributed by atoms with E-state index in [9.17, 15) is 28.8 Å². The predicted molar refractivity (Wildman–Crippen MR) is 118 cm³/mol. The van der Waals surface area contributed by atoms with Gasteiger partial charge in [-0.3, -0.25) is 24.2 Å². The summed E-state index contributed by atoms with van der Waals surface area (Å²) in [6.07, 6.45) is -5.59. The molecule has 1 aromatic rings. The van der Waals surface area contributed by atoms with Crippen LogP contribution < -0.4 is 16.3 Å². The molecule has 2 aliphatic heterocycles. The van der Waals surface area contributed by atoms with Crippen LogP contribution in [0.5, 0.6) is 0 Å². The van der Waals surface area contributed by atoms with Crippen molar-refractivity contribution in [3.63, 3.8) is 0 Å². The molecular weight excluding hydrogens is 484 g/mol. The molecule has 0 aliphatic carbocycles. The van der Waals surface area contributed by atoms with Gasteiger partial charge in [0.1, 0.15) is 12.7 Å². The molecule has 5 atom stereocenters. The van der Waals surface area contributed by atoms with E-state index < -0.39 is 72.5 Å². The smallest absolute Gasteiger partial charge is 0.352 e. The van der Waals surface area contributed by atoms with Crippen molar-refractivity contribution in [2.24, 2.45) is 0 Å². The van der Waals surface area contributed by atoms with Crippen LogP contribution in [0.2, 0.25) is 0 Å². The molecule has 198 valence electrons. The van der Waals surface area contributed by atoms with Crippen molar-refractivity contribution in [1.82, 2.24) is 14.5 Å². The third-order valence-corrected chi connectivity index (χ3v) is 5.46. The maximum Gasteiger partial charge on any atom is 0.352 e. The summed E-state index contributed by atoms with van der Waals surface area (Å²) < 4.78 is 28.2. The first-order chi connectivity index (χ1) is 17.0. The number of nitrogens with one attached hydrogen (secondary N) is 1. The van der Waals surface area contributed by atoms with E-state index in [1.54, 1.807) is 4.90 Å². The van der Waals surface area contributed by atoms with Crippen molar-refractivity contribution in [3.8, 4) is 0 Å². The van der Waals surface area contributed by atoms with Gasteiger partial charge in [0.25, 0.3) is 0 Å². The molecule has 36 heavy (non-hydrogen) atoms. The highest BCUT2D eigenvalue weighted by atomic mass is 16.7. The minimum atomic E-state index is -1.52. The van der Waals surface area contributed by atoms with Gasteiger partial charge in [0.05, 0.1) is 0 Å². The van der Waals surface area contributed by atoms with Gasteiger partial charge in [0, 0.05) is 40.8 Å². The number of rotatable bonds is 7. The van der Waals surface area contributed by atoms with E-state index in [0.29, 0.717) is 13.1 Å². The molecule has 0 spiro atoms. The van der Waals surface area contributed by atoms with Crippen molar-refractivity contribution >= 4 is 29.8 Å². The van der Waals surface area contributed by atoms with Crippen LogP contribution in [0.1, 0.15) is 46.8 Å². The highest BCUT2D eigenvalue weighted by Gasteiger charge is 2.53. The Balaban J connectivity index is 2.19. The van der Waals surface area contributed by atoms with E-state index in [1.807, 2.05) is 0 Å². The molecule has 2 fully saturated rings. The van der Waals surface area contributed by atoms with E-state index in [-0.39, 0.29) is 5.95 Å². The molecular formula is C21H28N4O11. The topological polar surface area (TPSA) is 185 Å². The van der Waals surface area contributed by atoms with Crippen molar-refractivity contribution in [1.29, 1.82) is 0 Å². The molecule has 0 amide bonds. The quantitative estimate of drug-likeness (QED) is 0.339. The number of carbonyl (C=O) groups excluding carboxylic acids is 4. The van der Waals surface area contributed by atoms with E-state index in [0.717, 1.165) is 45.1 Å². The van der Waals surface area contributed by atoms with Crippen molar-refractivity contribution in [2.45, 2.75) is 71.2 Å². The Morgan fingerprint density at radius 3 is 2.00 bits per heavy atom. The zero-order valence-electron chi connectivity index (χ0n) is 20.3. The van der Waals surface area contributed by atoms with Crippen LogP contribution in [0.25, 0.3) is 0 Å². The van der Waals surface area contributed by atoms with Crippen molar-refractivity contribution in [2.75, 3.05) is 24.6 Å². The Kier molecular flexibility index (Phi) is 8.45. The summed E-state index contributed by atoms with van der Waals surface area (Å²) in [6, 6.07) is 0. The van der Waals surface area contributed by atoms with Crippen LogP contribution in [0.3, 0.4) is 0 Å². The molecule has 0 radical (unpaired) electrons. The zero-order valence-corrected chi connectivity index (χ0v) is 20.3. The lowest BCUT2D eigenvalue weighted by Crippen LogP contribution is -2.62. The molecule has 0 aromatic carbocycles. The molecule has 15 nitrogen and oxygen atoms in total. The van der Waals surface area contributed by atoms with Crippen LogP contribution in [-0.2, 0) is 42.9 Å². The first-order valence-corrected chi connectivity index (χ1v) is 11.3. The third kappa shape index (κ3) is 6.27. The normalized spacial score (nSPS) is 25.7. The van der Waals surface area contributed by atoms with Gasteiger partial charge in [-0.2, -0.15) is 4.98 Å². The minimum absolute atomic E-state index is 0.0536. The lowest BCUT2D eigenvalue weighted by molar-refractivity contribution is -0.269. The van der Waals surface area contributed by atoms with E-state index in [2.05, 4.69) is 9.97 Å². The highest BCUT2D eigenvalue weighted by Crippen LogP contribution is 2.35. The van der Waals surface area contributed by atoms with Crippen LogP contribution in [-0.4, -0.2) is 82.5 Å². The molecule has 15 heteroatoms. The molecule has 0 saturated carbocycles. The van der Waals surface area contributed by atoms with Gasteiger partial charge >= 0.3 is 35.3 Å². The van der Waals surface area contributed by atoms with E-state index in [4.69, 9.17) is 23.7 Å². The van der Waals surface area contributed by atoms with Crippen LogP contribution in [0.15, 0.2) is 9.59 Å². The number of hydrogen-bond donors (Lipinski definition) is 1. The predicted octanol–water partition coefficient (Wildman–Crippen LogP) is -1.21. The Morgan fingerprint density at radius 1 is 0.889 bits per heavy atom. The molecule has 1 N–H and O–H groups in total. The number of nitrogens with zero attached hydrogens (tertiary/aromatic N) is 3. The number of hydrogen-bond acceptors (Lipinski definition) is 13. The number of aromatic amines is 1. The summed E-state index contributed by atoms with van der Waals surface area (Å²) in [7, 11) is 0. The van der Waals surface area contributed by atoms with Gasteiger partial charge in [-0.15, -0.1) is 0 Å². The molecule has 2 saturated heterocycles. The second kappa shape index (κ2) is 11.3. The molecule has 2 aliphatic rings. The molecule has 0 bridgehead atoms. The molecule has 3 heterocycles. The zero-order chi connectivity index (χ0) is 26.6. The lowest BCUT2D eigenvalue weighted by Gasteiger charge is -2.45. The molecule has 0 unspecified atom stereocenters. The summed E-state index contributed by atoms with van der Waals surface area (Å²) in [5.74, 6) is -3.15. The summed E-state index contributed by atoms with van der Waals surface area (Å²) in [4.78, 5) is 80.3. The summed E-state index contributed by atoms with van der Waals surface area (Å²) >= 11 is 0. The third-order valence-electron chi connectivity index (χ3n) is 5.46. The Bertz CT molecular complexity index is 1120. The second-order valence-corrected chi connectivity index (χ2v) is 8.30. The number of ether oxygens (including phenoxy) is 5. The Labute approximate surface area is 204 Å². The van der Waals surface area contributed by atoms with E-state index in [1.165, 1.54) is 0 Å². The number of anilines is 1. The van der Waals surface area contributed by atoms with Crippen LogP contribution in [0.4, 0.5) is 5.95 Å². The Hall–Kier alpha value is -3.75. The highest BCUT2D eigenvalue weighted by molar-refractivity contribution is 5.68. The van der Waals surface area contributed by atoms with Gasteiger partial charge in [0.2, 0.25) is 5.95 Å². The fourth-order valence-electron chi connectivity index (χ4n) is 4.20. The number of esters is 4. The average Bonchev–Trinajstić information content (AvgIpc) is 3.29.